The second kappa shape index (κ2) is 3.70. The molecule has 0 saturated carbocycles. The first-order valence-corrected chi connectivity index (χ1v) is 5.47. The highest BCUT2D eigenvalue weighted by atomic mass is 16.5. The Labute approximate surface area is 99.1 Å². The van der Waals surface area contributed by atoms with Gasteiger partial charge in [-0.05, 0) is 36.8 Å². The second-order valence-corrected chi connectivity index (χ2v) is 4.06. The number of benzene rings is 1. The van der Waals surface area contributed by atoms with Crippen molar-refractivity contribution >= 4 is 21.8 Å². The molecule has 3 nitrogen and oxygen atoms in total. The first-order chi connectivity index (χ1) is 8.29. The summed E-state index contributed by atoms with van der Waals surface area (Å²) in [5, 5.41) is 2.06. The Balaban J connectivity index is 2.54. The van der Waals surface area contributed by atoms with Crippen molar-refractivity contribution in [3.05, 3.63) is 42.2 Å². The summed E-state index contributed by atoms with van der Waals surface area (Å²) in [5.74, 6) is 0.841. The zero-order chi connectivity index (χ0) is 11.8. The lowest BCUT2D eigenvalue weighted by Gasteiger charge is -2.08. The molecule has 0 aliphatic carbocycles. The van der Waals surface area contributed by atoms with Crippen LogP contribution in [0.1, 0.15) is 5.56 Å². The molecule has 3 heteroatoms. The van der Waals surface area contributed by atoms with Gasteiger partial charge < -0.3 is 4.74 Å². The van der Waals surface area contributed by atoms with Crippen LogP contribution in [0.25, 0.3) is 21.8 Å². The highest BCUT2D eigenvalue weighted by molar-refractivity contribution is 6.05. The van der Waals surface area contributed by atoms with Crippen LogP contribution in [0.2, 0.25) is 0 Å². The van der Waals surface area contributed by atoms with Crippen molar-refractivity contribution in [2.45, 2.75) is 6.92 Å². The lowest BCUT2D eigenvalue weighted by molar-refractivity contribution is 0.420. The minimum Gasteiger partial charge on any atom is -0.496 e. The largest absolute Gasteiger partial charge is 0.496 e. The molecule has 0 unspecified atom stereocenters. The fraction of sp³-hybridized carbons (Fsp3) is 0.143. The molecule has 84 valence electrons. The maximum absolute atomic E-state index is 5.41. The Morgan fingerprint density at radius 1 is 1.12 bits per heavy atom. The third-order valence-corrected chi connectivity index (χ3v) is 2.86. The van der Waals surface area contributed by atoms with Gasteiger partial charge in [-0.15, -0.1) is 0 Å². The molecule has 2 aromatic heterocycles. The third kappa shape index (κ3) is 1.51. The first-order valence-electron chi connectivity index (χ1n) is 5.47. The van der Waals surface area contributed by atoms with Gasteiger partial charge in [0.2, 0.25) is 0 Å². The summed E-state index contributed by atoms with van der Waals surface area (Å²) in [6, 6.07) is 8.02. The number of nitrogens with zero attached hydrogens (tertiary/aromatic N) is 2. The van der Waals surface area contributed by atoms with E-state index in [4.69, 9.17) is 4.74 Å². The van der Waals surface area contributed by atoms with Crippen LogP contribution in [-0.2, 0) is 0 Å². The van der Waals surface area contributed by atoms with Crippen LogP contribution in [0.5, 0.6) is 5.75 Å². The van der Waals surface area contributed by atoms with E-state index in [-0.39, 0.29) is 0 Å². The van der Waals surface area contributed by atoms with Crippen molar-refractivity contribution in [3.8, 4) is 5.75 Å². The molecule has 1 aromatic carbocycles. The van der Waals surface area contributed by atoms with Crippen molar-refractivity contribution in [2.75, 3.05) is 7.11 Å². The molecule has 0 aliphatic heterocycles. The molecule has 0 aliphatic rings. The van der Waals surface area contributed by atoms with Crippen LogP contribution in [0.4, 0.5) is 0 Å². The minimum absolute atomic E-state index is 0.841. The predicted octanol–water partition coefficient (Wildman–Crippen LogP) is 3.10. The average molecular weight is 224 g/mol. The van der Waals surface area contributed by atoms with Gasteiger partial charge >= 0.3 is 0 Å². The van der Waals surface area contributed by atoms with E-state index < -0.39 is 0 Å². The molecule has 0 fully saturated rings. The molecule has 0 amide bonds. The van der Waals surface area contributed by atoms with Gasteiger partial charge in [-0.1, -0.05) is 0 Å². The van der Waals surface area contributed by atoms with Crippen molar-refractivity contribution in [3.63, 3.8) is 0 Å². The molecule has 3 aromatic rings. The van der Waals surface area contributed by atoms with Crippen molar-refractivity contribution in [1.29, 1.82) is 0 Å². The monoisotopic (exact) mass is 224 g/mol. The number of fused-ring (bicyclic) bond motifs is 3. The van der Waals surface area contributed by atoms with Gasteiger partial charge in [0.25, 0.3) is 0 Å². The quantitative estimate of drug-likeness (QED) is 0.596. The molecule has 0 saturated heterocycles. The second-order valence-electron chi connectivity index (χ2n) is 4.06. The standard InChI is InChI=1S/C14H12N2O/c1-9-6-10-7-12(17-2)11-4-3-5-15-14(11)13(10)16-8-9/h3-8H,1-2H3. The van der Waals surface area contributed by atoms with Gasteiger partial charge in [0.05, 0.1) is 12.6 Å². The molecule has 0 radical (unpaired) electrons. The summed E-state index contributed by atoms with van der Waals surface area (Å²) in [5.41, 5.74) is 2.95. The molecule has 3 rings (SSSR count). The molecular weight excluding hydrogens is 212 g/mol. The molecule has 0 atom stereocenters. The lowest BCUT2D eigenvalue weighted by atomic mass is 10.1. The van der Waals surface area contributed by atoms with Gasteiger partial charge in [0.1, 0.15) is 11.3 Å². The predicted molar refractivity (Wildman–Crippen MR) is 68.3 cm³/mol. The third-order valence-electron chi connectivity index (χ3n) is 2.86. The number of pyridine rings is 2. The Hall–Kier alpha value is -2.16. The van der Waals surface area contributed by atoms with E-state index in [2.05, 4.69) is 16.0 Å². The zero-order valence-corrected chi connectivity index (χ0v) is 9.77. The first kappa shape index (κ1) is 10.0. The molecule has 0 bridgehead atoms. The van der Waals surface area contributed by atoms with E-state index in [1.54, 1.807) is 13.3 Å². The SMILES string of the molecule is COc1cc2cc(C)cnc2c2ncccc12. The fourth-order valence-corrected chi connectivity index (χ4v) is 2.08. The summed E-state index contributed by atoms with van der Waals surface area (Å²) in [4.78, 5) is 8.87. The zero-order valence-electron chi connectivity index (χ0n) is 9.77. The van der Waals surface area contributed by atoms with Crippen LogP contribution in [0.15, 0.2) is 36.7 Å². The Bertz CT molecular complexity index is 707. The molecule has 2 heterocycles. The van der Waals surface area contributed by atoms with Gasteiger partial charge in [-0.25, -0.2) is 0 Å². The summed E-state index contributed by atoms with van der Waals surface area (Å²) in [6.45, 7) is 2.03. The van der Waals surface area contributed by atoms with E-state index in [9.17, 15) is 0 Å². The Morgan fingerprint density at radius 2 is 2.00 bits per heavy atom. The van der Waals surface area contributed by atoms with Gasteiger partial charge in [-0.3, -0.25) is 9.97 Å². The Morgan fingerprint density at radius 3 is 2.82 bits per heavy atom. The number of aromatic nitrogens is 2. The number of hydrogen-bond donors (Lipinski definition) is 0. The van der Waals surface area contributed by atoms with Crippen LogP contribution in [0.3, 0.4) is 0 Å². The highest BCUT2D eigenvalue weighted by Gasteiger charge is 2.08. The maximum Gasteiger partial charge on any atom is 0.129 e. The van der Waals surface area contributed by atoms with Crippen molar-refractivity contribution in [2.24, 2.45) is 0 Å². The van der Waals surface area contributed by atoms with Crippen LogP contribution < -0.4 is 4.74 Å². The van der Waals surface area contributed by atoms with Crippen molar-refractivity contribution < 1.29 is 4.74 Å². The highest BCUT2D eigenvalue weighted by Crippen LogP contribution is 2.30. The van der Waals surface area contributed by atoms with E-state index in [0.717, 1.165) is 33.1 Å². The maximum atomic E-state index is 5.41. The lowest BCUT2D eigenvalue weighted by Crippen LogP contribution is -1.90. The Kier molecular flexibility index (Phi) is 2.18. The number of hydrogen-bond acceptors (Lipinski definition) is 3. The van der Waals surface area contributed by atoms with E-state index in [1.807, 2.05) is 31.3 Å². The fourth-order valence-electron chi connectivity index (χ4n) is 2.08. The minimum atomic E-state index is 0.841. The summed E-state index contributed by atoms with van der Waals surface area (Å²) in [7, 11) is 1.68. The van der Waals surface area contributed by atoms with E-state index in [0.29, 0.717) is 0 Å². The number of ether oxygens (including phenoxy) is 1. The normalized spacial score (nSPS) is 10.9. The van der Waals surface area contributed by atoms with Crippen LogP contribution in [0, 0.1) is 6.92 Å². The summed E-state index contributed by atoms with van der Waals surface area (Å²) >= 11 is 0. The summed E-state index contributed by atoms with van der Waals surface area (Å²) in [6.07, 6.45) is 3.64. The van der Waals surface area contributed by atoms with E-state index >= 15 is 0 Å². The molecular formula is C14H12N2O. The van der Waals surface area contributed by atoms with Crippen LogP contribution >= 0.6 is 0 Å². The van der Waals surface area contributed by atoms with Crippen molar-refractivity contribution in [1.82, 2.24) is 9.97 Å². The van der Waals surface area contributed by atoms with Gasteiger partial charge in [-0.2, -0.15) is 0 Å². The topological polar surface area (TPSA) is 35.0 Å². The summed E-state index contributed by atoms with van der Waals surface area (Å²) < 4.78 is 5.41. The number of aryl methyl sites for hydroxylation is 1. The number of methoxy groups -OCH3 is 1. The van der Waals surface area contributed by atoms with Gasteiger partial charge in [0.15, 0.2) is 0 Å². The average Bonchev–Trinajstić information content (AvgIpc) is 2.37. The smallest absolute Gasteiger partial charge is 0.129 e. The van der Waals surface area contributed by atoms with Gasteiger partial charge in [0, 0.05) is 23.2 Å². The molecule has 17 heavy (non-hydrogen) atoms. The molecule has 0 spiro atoms. The number of rotatable bonds is 1. The molecule has 0 N–H and O–H groups in total. The van der Waals surface area contributed by atoms with Crippen LogP contribution in [-0.4, -0.2) is 17.1 Å². The van der Waals surface area contributed by atoms with E-state index in [1.165, 1.54) is 0 Å².